The van der Waals surface area contributed by atoms with Crippen LogP contribution < -0.4 is 11.1 Å². The molecule has 1 atom stereocenters. The van der Waals surface area contributed by atoms with Crippen molar-refractivity contribution in [1.29, 1.82) is 0 Å². The predicted octanol–water partition coefficient (Wildman–Crippen LogP) is 0.694. The number of anilines is 2. The summed E-state index contributed by atoms with van der Waals surface area (Å²) in [6, 6.07) is 0. The highest BCUT2D eigenvalue weighted by Gasteiger charge is 2.24. The van der Waals surface area contributed by atoms with Gasteiger partial charge in [0.25, 0.3) is 0 Å². The second-order valence-electron chi connectivity index (χ2n) is 3.62. The Kier molecular flexibility index (Phi) is 2.86. The summed E-state index contributed by atoms with van der Waals surface area (Å²) >= 11 is 1.82. The Hall–Kier alpha value is -1.17. The summed E-state index contributed by atoms with van der Waals surface area (Å²) in [5.74, 6) is 2.74. The smallest absolute Gasteiger partial charge is 0.229 e. The Morgan fingerprint density at radius 1 is 1.80 bits per heavy atom. The molecule has 0 radical (unpaired) electrons. The fourth-order valence-corrected chi connectivity index (χ4v) is 2.79. The standard InChI is InChI=1S/C9H14N4OS/c1-13-8(7(10)4-11-13)12-9(14)6-2-3-15-5-6/h4,6H,2-3,5,10H2,1H3,(H,12,14). The number of nitrogens with zero attached hydrogens (tertiary/aromatic N) is 2. The third-order valence-electron chi connectivity index (χ3n) is 2.51. The van der Waals surface area contributed by atoms with Gasteiger partial charge in [0.1, 0.15) is 0 Å². The molecule has 5 nitrogen and oxygen atoms in total. The van der Waals surface area contributed by atoms with Gasteiger partial charge in [-0.2, -0.15) is 16.9 Å². The zero-order chi connectivity index (χ0) is 10.8. The third-order valence-corrected chi connectivity index (χ3v) is 3.67. The van der Waals surface area contributed by atoms with Crippen molar-refractivity contribution in [1.82, 2.24) is 9.78 Å². The second kappa shape index (κ2) is 4.14. The van der Waals surface area contributed by atoms with E-state index in [0.29, 0.717) is 11.5 Å². The molecule has 1 aliphatic heterocycles. The summed E-state index contributed by atoms with van der Waals surface area (Å²) in [5.41, 5.74) is 6.20. The normalized spacial score (nSPS) is 20.5. The lowest BCUT2D eigenvalue weighted by molar-refractivity contribution is -0.119. The van der Waals surface area contributed by atoms with E-state index >= 15 is 0 Å². The summed E-state index contributed by atoms with van der Waals surface area (Å²) < 4.78 is 1.58. The molecule has 1 fully saturated rings. The van der Waals surface area contributed by atoms with Crippen LogP contribution in [-0.4, -0.2) is 27.2 Å². The Morgan fingerprint density at radius 2 is 2.60 bits per heavy atom. The number of nitrogens with two attached hydrogens (primary N) is 1. The van der Waals surface area contributed by atoms with Crippen molar-refractivity contribution in [3.8, 4) is 0 Å². The van der Waals surface area contributed by atoms with Crippen LogP contribution in [0.25, 0.3) is 0 Å². The lowest BCUT2D eigenvalue weighted by Gasteiger charge is -2.10. The maximum Gasteiger partial charge on any atom is 0.229 e. The van der Waals surface area contributed by atoms with E-state index in [2.05, 4.69) is 10.4 Å². The highest BCUT2D eigenvalue weighted by molar-refractivity contribution is 7.99. The molecular formula is C9H14N4OS. The van der Waals surface area contributed by atoms with Crippen LogP contribution in [0.3, 0.4) is 0 Å². The predicted molar refractivity (Wildman–Crippen MR) is 61.7 cm³/mol. The number of hydrogen-bond acceptors (Lipinski definition) is 4. The van der Waals surface area contributed by atoms with Crippen LogP contribution in [0.5, 0.6) is 0 Å². The number of aryl methyl sites for hydroxylation is 1. The molecule has 1 aliphatic rings. The van der Waals surface area contributed by atoms with Crippen molar-refractivity contribution in [2.75, 3.05) is 22.6 Å². The van der Waals surface area contributed by atoms with Crippen molar-refractivity contribution in [2.24, 2.45) is 13.0 Å². The van der Waals surface area contributed by atoms with Gasteiger partial charge in [0.2, 0.25) is 5.91 Å². The molecular weight excluding hydrogens is 212 g/mol. The maximum absolute atomic E-state index is 11.8. The van der Waals surface area contributed by atoms with E-state index < -0.39 is 0 Å². The molecule has 0 saturated carbocycles. The van der Waals surface area contributed by atoms with Crippen molar-refractivity contribution >= 4 is 29.2 Å². The summed E-state index contributed by atoms with van der Waals surface area (Å²) in [4.78, 5) is 11.8. The highest BCUT2D eigenvalue weighted by atomic mass is 32.2. The number of aromatic nitrogens is 2. The van der Waals surface area contributed by atoms with E-state index in [9.17, 15) is 4.79 Å². The number of nitrogens with one attached hydrogen (secondary N) is 1. The first-order valence-electron chi connectivity index (χ1n) is 4.84. The van der Waals surface area contributed by atoms with Gasteiger partial charge in [0, 0.05) is 18.7 Å². The van der Waals surface area contributed by atoms with Gasteiger partial charge in [-0.15, -0.1) is 0 Å². The number of amides is 1. The van der Waals surface area contributed by atoms with Crippen LogP contribution in [0, 0.1) is 5.92 Å². The molecule has 2 rings (SSSR count). The van der Waals surface area contributed by atoms with E-state index in [1.807, 2.05) is 11.8 Å². The molecule has 6 heteroatoms. The van der Waals surface area contributed by atoms with Gasteiger partial charge in [0.05, 0.1) is 11.9 Å². The monoisotopic (exact) mass is 226 g/mol. The van der Waals surface area contributed by atoms with Crippen molar-refractivity contribution in [3.05, 3.63) is 6.20 Å². The van der Waals surface area contributed by atoms with Crippen LogP contribution in [0.4, 0.5) is 11.5 Å². The number of carbonyl (C=O) groups excluding carboxylic acids is 1. The largest absolute Gasteiger partial charge is 0.394 e. The number of rotatable bonds is 2. The zero-order valence-electron chi connectivity index (χ0n) is 8.56. The van der Waals surface area contributed by atoms with Crippen molar-refractivity contribution in [2.45, 2.75) is 6.42 Å². The molecule has 0 aliphatic carbocycles. The van der Waals surface area contributed by atoms with Gasteiger partial charge in [-0.1, -0.05) is 0 Å². The zero-order valence-corrected chi connectivity index (χ0v) is 9.38. The van der Waals surface area contributed by atoms with Crippen LogP contribution >= 0.6 is 11.8 Å². The third kappa shape index (κ3) is 2.09. The highest BCUT2D eigenvalue weighted by Crippen LogP contribution is 2.25. The topological polar surface area (TPSA) is 72.9 Å². The van der Waals surface area contributed by atoms with Gasteiger partial charge >= 0.3 is 0 Å². The van der Waals surface area contributed by atoms with Crippen LogP contribution in [-0.2, 0) is 11.8 Å². The Bertz CT molecular complexity index is 351. The lowest BCUT2D eigenvalue weighted by Crippen LogP contribution is -2.24. The Labute approximate surface area is 92.4 Å². The summed E-state index contributed by atoms with van der Waals surface area (Å²) in [6.45, 7) is 0. The minimum Gasteiger partial charge on any atom is -0.394 e. The number of carbonyl (C=O) groups is 1. The minimum absolute atomic E-state index is 0.0512. The molecule has 0 spiro atoms. The fourth-order valence-electron chi connectivity index (χ4n) is 1.57. The summed E-state index contributed by atoms with van der Waals surface area (Å²) in [7, 11) is 1.76. The minimum atomic E-state index is 0.0512. The molecule has 1 amide bonds. The van der Waals surface area contributed by atoms with E-state index in [4.69, 9.17) is 5.73 Å². The van der Waals surface area contributed by atoms with Crippen LogP contribution in [0.2, 0.25) is 0 Å². The van der Waals surface area contributed by atoms with Crippen LogP contribution in [0.1, 0.15) is 6.42 Å². The van der Waals surface area contributed by atoms with Gasteiger partial charge < -0.3 is 11.1 Å². The molecule has 2 heterocycles. The maximum atomic E-state index is 11.8. The molecule has 1 saturated heterocycles. The summed E-state index contributed by atoms with van der Waals surface area (Å²) in [5, 5.41) is 6.79. The molecule has 1 aromatic rings. The summed E-state index contributed by atoms with van der Waals surface area (Å²) in [6.07, 6.45) is 2.49. The molecule has 1 unspecified atom stereocenters. The lowest BCUT2D eigenvalue weighted by atomic mass is 10.1. The van der Waals surface area contributed by atoms with Gasteiger partial charge in [-0.05, 0) is 12.2 Å². The van der Waals surface area contributed by atoms with E-state index in [1.54, 1.807) is 17.9 Å². The van der Waals surface area contributed by atoms with Crippen molar-refractivity contribution in [3.63, 3.8) is 0 Å². The van der Waals surface area contributed by atoms with E-state index in [-0.39, 0.29) is 11.8 Å². The number of thioether (sulfide) groups is 1. The molecule has 0 aromatic carbocycles. The fraction of sp³-hybridized carbons (Fsp3) is 0.556. The van der Waals surface area contributed by atoms with E-state index in [0.717, 1.165) is 17.9 Å². The SMILES string of the molecule is Cn1ncc(N)c1NC(=O)C1CCSC1. The average Bonchev–Trinajstić information content (AvgIpc) is 2.82. The second-order valence-corrected chi connectivity index (χ2v) is 4.77. The Balaban J connectivity index is 2.05. The first-order chi connectivity index (χ1) is 7.18. The molecule has 82 valence electrons. The quantitative estimate of drug-likeness (QED) is 0.778. The van der Waals surface area contributed by atoms with Gasteiger partial charge in [-0.3, -0.25) is 9.48 Å². The number of hydrogen-bond donors (Lipinski definition) is 2. The molecule has 1 aromatic heterocycles. The van der Waals surface area contributed by atoms with Gasteiger partial charge in [-0.25, -0.2) is 0 Å². The Morgan fingerprint density at radius 3 is 3.13 bits per heavy atom. The van der Waals surface area contributed by atoms with Gasteiger partial charge in [0.15, 0.2) is 5.82 Å². The first kappa shape index (κ1) is 10.4. The van der Waals surface area contributed by atoms with Crippen LogP contribution in [0.15, 0.2) is 6.20 Å². The van der Waals surface area contributed by atoms with Crippen molar-refractivity contribution < 1.29 is 4.79 Å². The molecule has 3 N–H and O–H groups in total. The first-order valence-corrected chi connectivity index (χ1v) is 6.00. The molecule has 0 bridgehead atoms. The number of nitrogen functional groups attached to an aromatic ring is 1. The van der Waals surface area contributed by atoms with E-state index in [1.165, 1.54) is 0 Å². The average molecular weight is 226 g/mol. The molecule has 15 heavy (non-hydrogen) atoms.